The molecule has 1 aromatic rings. The Morgan fingerprint density at radius 3 is 2.27 bits per heavy atom. The van der Waals surface area contributed by atoms with Gasteiger partial charge in [0.2, 0.25) is 0 Å². The average Bonchev–Trinajstić information content (AvgIpc) is 2.18. The molecule has 15 heavy (non-hydrogen) atoms. The van der Waals surface area contributed by atoms with E-state index in [1.54, 1.807) is 13.8 Å². The van der Waals surface area contributed by atoms with Crippen molar-refractivity contribution in [2.24, 2.45) is 5.92 Å². The summed E-state index contributed by atoms with van der Waals surface area (Å²) < 4.78 is 0.780. The molecular weight excluding hydrogens is 280 g/mol. The first-order chi connectivity index (χ1) is 6.95. The van der Waals surface area contributed by atoms with Gasteiger partial charge in [0.05, 0.1) is 0 Å². The highest BCUT2D eigenvalue weighted by Gasteiger charge is 2.18. The molecule has 0 aliphatic rings. The summed E-state index contributed by atoms with van der Waals surface area (Å²) >= 11 is 7.66. The molecule has 0 aliphatic heterocycles. The molecule has 0 bridgehead atoms. The van der Waals surface area contributed by atoms with E-state index >= 15 is 0 Å². The summed E-state index contributed by atoms with van der Waals surface area (Å²) in [5.74, 6) is 0.0602. The third-order valence-electron chi connectivity index (χ3n) is 1.43. The molecule has 0 amide bonds. The first-order valence-corrected chi connectivity index (χ1v) is 5.68. The number of aromatic amines is 1. The lowest BCUT2D eigenvalue weighted by Crippen LogP contribution is -2.17. The lowest BCUT2D eigenvalue weighted by Gasteiger charge is -2.02. The molecule has 0 spiro atoms. The number of hydrogen-bond donors (Lipinski definition) is 1. The highest BCUT2D eigenvalue weighted by molar-refractivity contribution is 9.09. The fourth-order valence-electron chi connectivity index (χ4n) is 0.620. The van der Waals surface area contributed by atoms with Crippen LogP contribution in [0.15, 0.2) is 24.4 Å². The van der Waals surface area contributed by atoms with Gasteiger partial charge in [0.1, 0.15) is 4.64 Å². The molecule has 1 rings (SSSR count). The maximum atomic E-state index is 9.90. The summed E-state index contributed by atoms with van der Waals surface area (Å²) in [7, 11) is 0. The van der Waals surface area contributed by atoms with Gasteiger partial charge in [0, 0.05) is 17.0 Å². The molecule has 0 saturated carbocycles. The standard InChI is InChI=1S/C5H5NS.C4H8BrNO2/c7-5-3-1-2-4-6-5;1-3(2)4(5)6(7)8/h1-4H,(H,6,7);3-4H,1-2H3. The third-order valence-corrected chi connectivity index (χ3v) is 3.08. The van der Waals surface area contributed by atoms with E-state index in [1.165, 1.54) is 0 Å². The van der Waals surface area contributed by atoms with Crippen molar-refractivity contribution in [1.82, 2.24) is 4.98 Å². The molecule has 1 unspecified atom stereocenters. The van der Waals surface area contributed by atoms with Crippen LogP contribution in [0.5, 0.6) is 0 Å². The van der Waals surface area contributed by atoms with Gasteiger partial charge in [-0.2, -0.15) is 0 Å². The van der Waals surface area contributed by atoms with Gasteiger partial charge in [-0.1, -0.05) is 32.1 Å². The zero-order chi connectivity index (χ0) is 11.8. The summed E-state index contributed by atoms with van der Waals surface area (Å²) in [5.41, 5.74) is 0. The Morgan fingerprint density at radius 1 is 1.53 bits per heavy atom. The van der Waals surface area contributed by atoms with Gasteiger partial charge in [-0.25, -0.2) is 0 Å². The topological polar surface area (TPSA) is 58.9 Å². The van der Waals surface area contributed by atoms with Crippen molar-refractivity contribution < 1.29 is 4.92 Å². The molecule has 1 atom stereocenters. The van der Waals surface area contributed by atoms with E-state index in [1.807, 2.05) is 24.4 Å². The van der Waals surface area contributed by atoms with Gasteiger partial charge >= 0.3 is 0 Å². The van der Waals surface area contributed by atoms with Gasteiger partial charge in [-0.3, -0.25) is 10.1 Å². The van der Waals surface area contributed by atoms with E-state index in [-0.39, 0.29) is 10.8 Å². The van der Waals surface area contributed by atoms with Crippen molar-refractivity contribution in [3.8, 4) is 0 Å². The molecule has 0 aliphatic carbocycles. The van der Waals surface area contributed by atoms with Crippen molar-refractivity contribution in [3.63, 3.8) is 0 Å². The molecule has 0 saturated heterocycles. The zero-order valence-corrected chi connectivity index (χ0v) is 10.9. The number of rotatable bonds is 2. The van der Waals surface area contributed by atoms with E-state index in [4.69, 9.17) is 12.2 Å². The van der Waals surface area contributed by atoms with Gasteiger partial charge < -0.3 is 4.98 Å². The normalized spacial score (nSPS) is 11.5. The smallest absolute Gasteiger partial charge is 0.268 e. The molecule has 0 fully saturated rings. The maximum absolute atomic E-state index is 9.90. The van der Waals surface area contributed by atoms with Crippen molar-refractivity contribution in [1.29, 1.82) is 0 Å². The minimum atomic E-state index is -0.595. The number of nitrogens with one attached hydrogen (secondary N) is 1. The van der Waals surface area contributed by atoms with Crippen LogP contribution in [0.3, 0.4) is 0 Å². The summed E-state index contributed by atoms with van der Waals surface area (Å²) in [5, 5.41) is 9.90. The average molecular weight is 293 g/mol. The summed E-state index contributed by atoms with van der Waals surface area (Å²) in [6.45, 7) is 3.59. The van der Waals surface area contributed by atoms with Gasteiger partial charge in [0.15, 0.2) is 0 Å². The second-order valence-corrected chi connectivity index (χ2v) is 4.51. The van der Waals surface area contributed by atoms with Crippen LogP contribution < -0.4 is 0 Å². The van der Waals surface area contributed by atoms with Crippen molar-refractivity contribution >= 4 is 28.1 Å². The Balaban J connectivity index is 0.000000262. The highest BCUT2D eigenvalue weighted by Crippen LogP contribution is 2.10. The monoisotopic (exact) mass is 292 g/mol. The Hall–Kier alpha value is -0.750. The Bertz CT molecular complexity index is 336. The van der Waals surface area contributed by atoms with Crippen molar-refractivity contribution in [3.05, 3.63) is 39.2 Å². The highest BCUT2D eigenvalue weighted by atomic mass is 79.9. The van der Waals surface area contributed by atoms with Crippen LogP contribution in [0.4, 0.5) is 0 Å². The largest absolute Gasteiger partial charge is 0.353 e. The SMILES string of the molecule is CC(C)C(Br)[N+](=O)[O-].S=c1cccc[nH]1. The van der Waals surface area contributed by atoms with E-state index in [0.717, 1.165) is 4.64 Å². The van der Waals surface area contributed by atoms with Crippen LogP contribution in [-0.4, -0.2) is 14.9 Å². The zero-order valence-electron chi connectivity index (χ0n) is 8.51. The van der Waals surface area contributed by atoms with E-state index < -0.39 is 4.95 Å². The van der Waals surface area contributed by atoms with Crippen LogP contribution >= 0.6 is 28.1 Å². The second kappa shape index (κ2) is 7.53. The van der Waals surface area contributed by atoms with Crippen molar-refractivity contribution in [2.45, 2.75) is 18.8 Å². The van der Waals surface area contributed by atoms with Gasteiger partial charge in [0.25, 0.3) is 4.95 Å². The molecule has 1 aromatic heterocycles. The number of hydrogen-bond acceptors (Lipinski definition) is 3. The predicted octanol–water partition coefficient (Wildman–Crippen LogP) is 3.38. The summed E-state index contributed by atoms with van der Waals surface area (Å²) in [6, 6.07) is 5.64. The number of alkyl halides is 1. The van der Waals surface area contributed by atoms with Gasteiger partial charge in [-0.15, -0.1) is 0 Å². The summed E-state index contributed by atoms with van der Waals surface area (Å²) in [6.07, 6.45) is 1.81. The van der Waals surface area contributed by atoms with Crippen molar-refractivity contribution in [2.75, 3.05) is 0 Å². The molecule has 1 heterocycles. The fourth-order valence-corrected chi connectivity index (χ4v) is 0.767. The minimum Gasteiger partial charge on any atom is -0.353 e. The maximum Gasteiger partial charge on any atom is 0.268 e. The summed E-state index contributed by atoms with van der Waals surface area (Å²) in [4.78, 5) is 11.8. The van der Waals surface area contributed by atoms with Crippen LogP contribution in [0.1, 0.15) is 13.8 Å². The fraction of sp³-hybridized carbons (Fsp3) is 0.444. The number of aromatic nitrogens is 1. The lowest BCUT2D eigenvalue weighted by atomic mass is 10.2. The number of halogens is 1. The molecule has 4 nitrogen and oxygen atoms in total. The molecule has 1 N–H and O–H groups in total. The number of nitro groups is 1. The van der Waals surface area contributed by atoms with Crippen LogP contribution in [0.25, 0.3) is 0 Å². The lowest BCUT2D eigenvalue weighted by molar-refractivity contribution is -0.500. The number of H-pyrrole nitrogens is 1. The van der Waals surface area contributed by atoms with Crippen LogP contribution in [0, 0.1) is 20.7 Å². The number of pyridine rings is 1. The Kier molecular flexibility index (Phi) is 7.15. The predicted molar refractivity (Wildman–Crippen MR) is 66.2 cm³/mol. The van der Waals surface area contributed by atoms with Crippen LogP contribution in [0.2, 0.25) is 0 Å². The third kappa shape index (κ3) is 7.21. The Labute approximate surface area is 102 Å². The van der Waals surface area contributed by atoms with E-state index in [0.29, 0.717) is 0 Å². The molecular formula is C9H13BrN2O2S. The van der Waals surface area contributed by atoms with Gasteiger partial charge in [-0.05, 0) is 28.1 Å². The second-order valence-electron chi connectivity index (χ2n) is 3.13. The first kappa shape index (κ1) is 14.2. The number of nitrogens with zero attached hydrogens (tertiary/aromatic N) is 1. The molecule has 84 valence electrons. The van der Waals surface area contributed by atoms with E-state index in [2.05, 4.69) is 20.9 Å². The Morgan fingerprint density at radius 2 is 2.13 bits per heavy atom. The first-order valence-electron chi connectivity index (χ1n) is 4.36. The minimum absolute atomic E-state index is 0.0602. The van der Waals surface area contributed by atoms with Crippen LogP contribution in [-0.2, 0) is 0 Å². The van der Waals surface area contributed by atoms with E-state index in [9.17, 15) is 10.1 Å². The molecule has 6 heteroatoms. The molecule has 0 aromatic carbocycles. The molecule has 0 radical (unpaired) electrons. The quantitative estimate of drug-likeness (QED) is 0.299.